The maximum atomic E-state index is 12.0. The van der Waals surface area contributed by atoms with Gasteiger partial charge in [0.2, 0.25) is 5.89 Å². The fraction of sp³-hybridized carbons (Fsp3) is 0.786. The molecule has 0 aliphatic carbocycles. The number of rotatable bonds is 8. The third-order valence-electron chi connectivity index (χ3n) is 2.81. The third kappa shape index (κ3) is 4.59. The molecule has 114 valence electrons. The van der Waals surface area contributed by atoms with E-state index in [1.54, 1.807) is 6.92 Å². The van der Waals surface area contributed by atoms with Crippen LogP contribution in [-0.4, -0.2) is 29.3 Å². The number of ether oxygens (including phenoxy) is 2. The highest BCUT2D eigenvalue weighted by molar-refractivity contribution is 5.76. The van der Waals surface area contributed by atoms with E-state index < -0.39 is 5.92 Å². The largest absolute Gasteiger partial charge is 0.465 e. The molecule has 0 radical (unpaired) electrons. The van der Waals surface area contributed by atoms with Gasteiger partial charge in [0.15, 0.2) is 5.82 Å². The van der Waals surface area contributed by atoms with Crippen LogP contribution in [0.25, 0.3) is 0 Å². The Labute approximate surface area is 119 Å². The SMILES string of the molecule is CCOC(=O)C(CC(C)C)c1nc(C(C)OCC)no1. The minimum absolute atomic E-state index is 0.251. The highest BCUT2D eigenvalue weighted by Crippen LogP contribution is 2.25. The van der Waals surface area contributed by atoms with Gasteiger partial charge in [-0.15, -0.1) is 0 Å². The van der Waals surface area contributed by atoms with E-state index in [9.17, 15) is 4.79 Å². The molecule has 0 bridgehead atoms. The first-order valence-electron chi connectivity index (χ1n) is 7.11. The van der Waals surface area contributed by atoms with Crippen molar-refractivity contribution >= 4 is 5.97 Å². The zero-order valence-corrected chi connectivity index (χ0v) is 12.9. The van der Waals surface area contributed by atoms with Crippen molar-refractivity contribution < 1.29 is 18.8 Å². The van der Waals surface area contributed by atoms with E-state index in [-0.39, 0.29) is 12.1 Å². The zero-order valence-electron chi connectivity index (χ0n) is 12.9. The second-order valence-electron chi connectivity index (χ2n) is 5.02. The maximum Gasteiger partial charge on any atom is 0.318 e. The molecule has 0 fully saturated rings. The van der Waals surface area contributed by atoms with Gasteiger partial charge in [-0.3, -0.25) is 4.79 Å². The Hall–Kier alpha value is -1.43. The molecule has 0 spiro atoms. The molecule has 2 atom stereocenters. The molecular formula is C14H24N2O4. The molecule has 0 aliphatic heterocycles. The summed E-state index contributed by atoms with van der Waals surface area (Å²) >= 11 is 0. The first-order chi connectivity index (χ1) is 9.49. The molecule has 0 saturated carbocycles. The number of carbonyl (C=O) groups excluding carboxylic acids is 1. The highest BCUT2D eigenvalue weighted by Gasteiger charge is 2.29. The van der Waals surface area contributed by atoms with Crippen LogP contribution in [0.15, 0.2) is 4.52 Å². The van der Waals surface area contributed by atoms with Crippen LogP contribution < -0.4 is 0 Å². The van der Waals surface area contributed by atoms with Gasteiger partial charge in [-0.2, -0.15) is 4.98 Å². The van der Waals surface area contributed by atoms with E-state index in [0.717, 1.165) is 0 Å². The van der Waals surface area contributed by atoms with Crippen LogP contribution in [0, 0.1) is 5.92 Å². The van der Waals surface area contributed by atoms with E-state index in [1.807, 2.05) is 27.7 Å². The summed E-state index contributed by atoms with van der Waals surface area (Å²) in [5, 5.41) is 3.89. The van der Waals surface area contributed by atoms with Crippen molar-refractivity contribution in [2.75, 3.05) is 13.2 Å². The minimum Gasteiger partial charge on any atom is -0.465 e. The lowest BCUT2D eigenvalue weighted by atomic mass is 9.97. The van der Waals surface area contributed by atoms with Crippen molar-refractivity contribution in [3.63, 3.8) is 0 Å². The predicted molar refractivity (Wildman–Crippen MR) is 73.2 cm³/mol. The average molecular weight is 284 g/mol. The van der Waals surface area contributed by atoms with Gasteiger partial charge in [0.05, 0.1) is 6.61 Å². The number of nitrogens with zero attached hydrogens (tertiary/aromatic N) is 2. The van der Waals surface area contributed by atoms with Crippen LogP contribution in [0.3, 0.4) is 0 Å². The molecular weight excluding hydrogens is 260 g/mol. The lowest BCUT2D eigenvalue weighted by Crippen LogP contribution is -2.18. The summed E-state index contributed by atoms with van der Waals surface area (Å²) in [6.45, 7) is 10.5. The number of hydrogen-bond acceptors (Lipinski definition) is 6. The van der Waals surface area contributed by atoms with E-state index >= 15 is 0 Å². The van der Waals surface area contributed by atoms with E-state index in [1.165, 1.54) is 0 Å². The maximum absolute atomic E-state index is 12.0. The molecule has 6 heteroatoms. The van der Waals surface area contributed by atoms with Crippen LogP contribution >= 0.6 is 0 Å². The molecule has 1 heterocycles. The Morgan fingerprint density at radius 1 is 1.25 bits per heavy atom. The summed E-state index contributed by atoms with van der Waals surface area (Å²) in [4.78, 5) is 16.3. The molecule has 0 N–H and O–H groups in total. The lowest BCUT2D eigenvalue weighted by Gasteiger charge is -2.13. The van der Waals surface area contributed by atoms with Crippen molar-refractivity contribution in [1.82, 2.24) is 10.1 Å². The van der Waals surface area contributed by atoms with Gasteiger partial charge in [-0.1, -0.05) is 19.0 Å². The molecule has 20 heavy (non-hydrogen) atoms. The normalized spacial score (nSPS) is 14.3. The quantitative estimate of drug-likeness (QED) is 0.683. The Bertz CT molecular complexity index is 417. The Morgan fingerprint density at radius 2 is 1.95 bits per heavy atom. The average Bonchev–Trinajstić information content (AvgIpc) is 2.85. The Kier molecular flexibility index (Phi) is 6.64. The van der Waals surface area contributed by atoms with Crippen LogP contribution in [-0.2, 0) is 14.3 Å². The summed E-state index contributed by atoms with van der Waals surface area (Å²) in [5.74, 6) is 0.258. The molecule has 6 nitrogen and oxygen atoms in total. The molecule has 1 aromatic heterocycles. The van der Waals surface area contributed by atoms with Crippen molar-refractivity contribution in [3.05, 3.63) is 11.7 Å². The van der Waals surface area contributed by atoms with Gasteiger partial charge in [0.1, 0.15) is 12.0 Å². The van der Waals surface area contributed by atoms with Gasteiger partial charge >= 0.3 is 5.97 Å². The summed E-state index contributed by atoms with van der Waals surface area (Å²) in [6.07, 6.45) is 0.364. The van der Waals surface area contributed by atoms with Crippen molar-refractivity contribution in [2.24, 2.45) is 5.92 Å². The zero-order chi connectivity index (χ0) is 15.1. The monoisotopic (exact) mass is 284 g/mol. The smallest absolute Gasteiger partial charge is 0.318 e. The summed E-state index contributed by atoms with van der Waals surface area (Å²) in [5.41, 5.74) is 0. The van der Waals surface area contributed by atoms with Gasteiger partial charge in [-0.25, -0.2) is 0 Å². The second kappa shape index (κ2) is 7.99. The first kappa shape index (κ1) is 16.6. The lowest BCUT2D eigenvalue weighted by molar-refractivity contribution is -0.146. The minimum atomic E-state index is -0.509. The van der Waals surface area contributed by atoms with Gasteiger partial charge < -0.3 is 14.0 Å². The van der Waals surface area contributed by atoms with E-state index in [0.29, 0.717) is 37.3 Å². The molecule has 1 aromatic rings. The number of aromatic nitrogens is 2. The predicted octanol–water partition coefficient (Wildman–Crippen LogP) is 2.86. The van der Waals surface area contributed by atoms with Gasteiger partial charge in [-0.05, 0) is 33.1 Å². The van der Waals surface area contributed by atoms with Crippen molar-refractivity contribution in [3.8, 4) is 0 Å². The molecule has 2 unspecified atom stereocenters. The summed E-state index contributed by atoms with van der Waals surface area (Å²) < 4.78 is 15.7. The summed E-state index contributed by atoms with van der Waals surface area (Å²) in [6, 6.07) is 0. The van der Waals surface area contributed by atoms with Gasteiger partial charge in [0.25, 0.3) is 0 Å². The molecule has 0 aromatic carbocycles. The fourth-order valence-electron chi connectivity index (χ4n) is 1.89. The number of hydrogen-bond donors (Lipinski definition) is 0. The number of carbonyl (C=O) groups is 1. The van der Waals surface area contributed by atoms with E-state index in [2.05, 4.69) is 10.1 Å². The fourth-order valence-corrected chi connectivity index (χ4v) is 1.89. The Balaban J connectivity index is 2.88. The third-order valence-corrected chi connectivity index (χ3v) is 2.81. The first-order valence-corrected chi connectivity index (χ1v) is 7.11. The Morgan fingerprint density at radius 3 is 2.50 bits per heavy atom. The molecule has 0 amide bonds. The van der Waals surface area contributed by atoms with Crippen molar-refractivity contribution in [2.45, 2.75) is 53.1 Å². The van der Waals surface area contributed by atoms with E-state index in [4.69, 9.17) is 14.0 Å². The highest BCUT2D eigenvalue weighted by atomic mass is 16.5. The van der Waals surface area contributed by atoms with Crippen LogP contribution in [0.4, 0.5) is 0 Å². The van der Waals surface area contributed by atoms with Gasteiger partial charge in [0, 0.05) is 6.61 Å². The van der Waals surface area contributed by atoms with Crippen LogP contribution in [0.5, 0.6) is 0 Å². The second-order valence-corrected chi connectivity index (χ2v) is 5.02. The van der Waals surface area contributed by atoms with Crippen LogP contribution in [0.1, 0.15) is 64.8 Å². The van der Waals surface area contributed by atoms with Crippen LogP contribution in [0.2, 0.25) is 0 Å². The summed E-state index contributed by atoms with van der Waals surface area (Å²) in [7, 11) is 0. The molecule has 0 saturated heterocycles. The molecule has 0 aliphatic rings. The molecule has 1 rings (SSSR count). The standard InChI is InChI=1S/C14H24N2O4/c1-6-18-10(5)12-15-13(20-16-12)11(8-9(3)4)14(17)19-7-2/h9-11H,6-8H2,1-5H3. The topological polar surface area (TPSA) is 74.5 Å². The number of esters is 1. The van der Waals surface area contributed by atoms with Crippen molar-refractivity contribution in [1.29, 1.82) is 0 Å².